The molecule has 0 saturated heterocycles. The van der Waals surface area contributed by atoms with Gasteiger partial charge in [-0.25, -0.2) is 17.9 Å². The van der Waals surface area contributed by atoms with Gasteiger partial charge in [0.25, 0.3) is 0 Å². The number of nitrogens with one attached hydrogen (secondary N) is 1. The standard InChI is InChI=1S/C20H15F4N3O3S/c21-17-4-2-1-3-12(17)8-19(28)27-15-5-6-16(18(9-15)31(25,29)30)13-7-14(11-26-10-13)20(22,23)24/h1-7,9-11H,8H2,(H,27,28)(H2,25,29,30). The van der Waals surface area contributed by atoms with E-state index in [1.54, 1.807) is 6.07 Å². The minimum atomic E-state index is -4.68. The van der Waals surface area contributed by atoms with Crippen molar-refractivity contribution >= 4 is 21.6 Å². The molecule has 3 rings (SSSR count). The molecular weight excluding hydrogens is 438 g/mol. The van der Waals surface area contributed by atoms with E-state index in [1.165, 1.54) is 30.3 Å². The van der Waals surface area contributed by atoms with Gasteiger partial charge < -0.3 is 5.32 Å². The lowest BCUT2D eigenvalue weighted by atomic mass is 10.0. The number of carbonyl (C=O) groups is 1. The fraction of sp³-hybridized carbons (Fsp3) is 0.100. The minimum absolute atomic E-state index is 0.0223. The first-order valence-corrected chi connectivity index (χ1v) is 10.2. The summed E-state index contributed by atoms with van der Waals surface area (Å²) in [6.45, 7) is 0. The molecule has 0 aliphatic carbocycles. The maximum atomic E-state index is 13.7. The van der Waals surface area contributed by atoms with Crippen LogP contribution in [0.25, 0.3) is 11.1 Å². The number of nitrogens with zero attached hydrogens (tertiary/aromatic N) is 1. The zero-order chi connectivity index (χ0) is 22.8. The van der Waals surface area contributed by atoms with E-state index in [0.29, 0.717) is 6.20 Å². The van der Waals surface area contributed by atoms with Crippen molar-refractivity contribution in [3.8, 4) is 11.1 Å². The third-order valence-electron chi connectivity index (χ3n) is 4.26. The van der Waals surface area contributed by atoms with E-state index in [4.69, 9.17) is 5.14 Å². The number of pyridine rings is 1. The monoisotopic (exact) mass is 453 g/mol. The number of rotatable bonds is 5. The molecule has 0 fully saturated rings. The van der Waals surface area contributed by atoms with Crippen molar-refractivity contribution in [3.63, 3.8) is 0 Å². The molecule has 31 heavy (non-hydrogen) atoms. The third kappa shape index (κ3) is 5.44. The van der Waals surface area contributed by atoms with Crippen LogP contribution in [-0.2, 0) is 27.4 Å². The number of amides is 1. The summed E-state index contributed by atoms with van der Waals surface area (Å²) in [5.41, 5.74) is -1.14. The number of sulfonamides is 1. The molecule has 1 heterocycles. The second-order valence-electron chi connectivity index (χ2n) is 6.53. The quantitative estimate of drug-likeness (QED) is 0.575. The predicted molar refractivity (Wildman–Crippen MR) is 105 cm³/mol. The molecule has 0 unspecified atom stereocenters. The van der Waals surface area contributed by atoms with Gasteiger partial charge in [0.15, 0.2) is 0 Å². The summed E-state index contributed by atoms with van der Waals surface area (Å²) in [5.74, 6) is -1.20. The molecule has 1 aromatic heterocycles. The van der Waals surface area contributed by atoms with Gasteiger partial charge in [-0.15, -0.1) is 0 Å². The Balaban J connectivity index is 1.95. The summed E-state index contributed by atoms with van der Waals surface area (Å²) in [5, 5.41) is 7.65. The SMILES string of the molecule is NS(=O)(=O)c1cc(NC(=O)Cc2ccccc2F)ccc1-c1cncc(C(F)(F)F)c1. The number of aromatic nitrogens is 1. The molecule has 0 bridgehead atoms. The number of benzene rings is 2. The van der Waals surface area contributed by atoms with Crippen molar-refractivity contribution in [3.05, 3.63) is 77.9 Å². The summed E-state index contributed by atoms with van der Waals surface area (Å²) in [6, 6.07) is 9.91. The van der Waals surface area contributed by atoms with Crippen LogP contribution in [0.15, 0.2) is 65.8 Å². The highest BCUT2D eigenvalue weighted by atomic mass is 32.2. The van der Waals surface area contributed by atoms with E-state index < -0.39 is 38.4 Å². The molecule has 162 valence electrons. The van der Waals surface area contributed by atoms with Gasteiger partial charge in [0.2, 0.25) is 15.9 Å². The highest BCUT2D eigenvalue weighted by Crippen LogP contribution is 2.34. The number of anilines is 1. The van der Waals surface area contributed by atoms with Gasteiger partial charge in [-0.2, -0.15) is 13.2 Å². The van der Waals surface area contributed by atoms with Crippen molar-refractivity contribution in [2.24, 2.45) is 5.14 Å². The number of hydrogen-bond acceptors (Lipinski definition) is 4. The van der Waals surface area contributed by atoms with Crippen molar-refractivity contribution in [1.82, 2.24) is 4.98 Å². The van der Waals surface area contributed by atoms with Crippen LogP contribution in [0.1, 0.15) is 11.1 Å². The molecule has 3 aromatic rings. The molecule has 1 amide bonds. The first-order valence-electron chi connectivity index (χ1n) is 8.68. The Labute approximate surface area is 174 Å². The number of carbonyl (C=O) groups excluding carboxylic acids is 1. The summed E-state index contributed by atoms with van der Waals surface area (Å²) < 4.78 is 76.7. The lowest BCUT2D eigenvalue weighted by Gasteiger charge is -2.13. The molecule has 0 atom stereocenters. The first-order chi connectivity index (χ1) is 14.4. The Morgan fingerprint density at radius 1 is 1.06 bits per heavy atom. The van der Waals surface area contributed by atoms with E-state index in [0.717, 1.165) is 18.3 Å². The summed E-state index contributed by atoms with van der Waals surface area (Å²) in [6.07, 6.45) is -3.31. The van der Waals surface area contributed by atoms with Crippen molar-refractivity contribution in [2.75, 3.05) is 5.32 Å². The van der Waals surface area contributed by atoms with Gasteiger partial charge in [0, 0.05) is 29.2 Å². The van der Waals surface area contributed by atoms with Gasteiger partial charge in [0.1, 0.15) is 5.82 Å². The normalized spacial score (nSPS) is 11.9. The summed E-state index contributed by atoms with van der Waals surface area (Å²) in [4.78, 5) is 15.2. The Bertz CT molecular complexity index is 1240. The van der Waals surface area contributed by atoms with E-state index in [-0.39, 0.29) is 28.8 Å². The number of halogens is 4. The molecule has 6 nitrogen and oxygen atoms in total. The molecular formula is C20H15F4N3O3S. The Kier molecular flexibility index (Phi) is 6.09. The predicted octanol–water partition coefficient (Wildman–Crippen LogP) is 3.74. The summed E-state index contributed by atoms with van der Waals surface area (Å²) >= 11 is 0. The lowest BCUT2D eigenvalue weighted by molar-refractivity contribution is -0.137. The maximum Gasteiger partial charge on any atom is 0.417 e. The van der Waals surface area contributed by atoms with Crippen LogP contribution in [0.5, 0.6) is 0 Å². The Morgan fingerprint density at radius 3 is 2.42 bits per heavy atom. The van der Waals surface area contributed by atoms with Crippen LogP contribution in [0.2, 0.25) is 0 Å². The second kappa shape index (κ2) is 8.44. The number of alkyl halides is 3. The molecule has 0 aliphatic rings. The third-order valence-corrected chi connectivity index (χ3v) is 5.21. The number of primary sulfonamides is 1. The largest absolute Gasteiger partial charge is 0.417 e. The van der Waals surface area contributed by atoms with E-state index in [2.05, 4.69) is 10.3 Å². The van der Waals surface area contributed by atoms with Crippen LogP contribution in [0.3, 0.4) is 0 Å². The first kappa shape index (κ1) is 22.4. The van der Waals surface area contributed by atoms with E-state index >= 15 is 0 Å². The van der Waals surface area contributed by atoms with Gasteiger partial charge >= 0.3 is 6.18 Å². The molecule has 0 spiro atoms. The van der Waals surface area contributed by atoms with E-state index in [9.17, 15) is 30.8 Å². The van der Waals surface area contributed by atoms with Crippen molar-refractivity contribution in [1.29, 1.82) is 0 Å². The smallest absolute Gasteiger partial charge is 0.326 e. The van der Waals surface area contributed by atoms with Gasteiger partial charge in [-0.05, 0) is 29.8 Å². The van der Waals surface area contributed by atoms with Crippen molar-refractivity contribution in [2.45, 2.75) is 17.5 Å². The summed E-state index contributed by atoms with van der Waals surface area (Å²) in [7, 11) is -4.37. The number of hydrogen-bond donors (Lipinski definition) is 2. The average Bonchev–Trinajstić information content (AvgIpc) is 2.68. The van der Waals surface area contributed by atoms with Gasteiger partial charge in [-0.1, -0.05) is 24.3 Å². The zero-order valence-corrected chi connectivity index (χ0v) is 16.5. The van der Waals surface area contributed by atoms with E-state index in [1.807, 2.05) is 0 Å². The zero-order valence-electron chi connectivity index (χ0n) is 15.7. The molecule has 2 aromatic carbocycles. The highest BCUT2D eigenvalue weighted by Gasteiger charge is 2.31. The van der Waals surface area contributed by atoms with Gasteiger partial charge in [-0.3, -0.25) is 9.78 Å². The van der Waals surface area contributed by atoms with Crippen LogP contribution >= 0.6 is 0 Å². The fourth-order valence-corrected chi connectivity index (χ4v) is 3.62. The number of nitrogens with two attached hydrogens (primary N) is 1. The highest BCUT2D eigenvalue weighted by molar-refractivity contribution is 7.89. The van der Waals surface area contributed by atoms with Crippen LogP contribution in [-0.4, -0.2) is 19.3 Å². The van der Waals surface area contributed by atoms with Crippen LogP contribution in [0, 0.1) is 5.82 Å². The van der Waals surface area contributed by atoms with Crippen molar-refractivity contribution < 1.29 is 30.8 Å². The van der Waals surface area contributed by atoms with Crippen LogP contribution < -0.4 is 10.5 Å². The molecule has 0 radical (unpaired) electrons. The molecule has 11 heteroatoms. The van der Waals surface area contributed by atoms with Crippen LogP contribution in [0.4, 0.5) is 23.2 Å². The Morgan fingerprint density at radius 2 is 1.77 bits per heavy atom. The molecule has 0 aliphatic heterocycles. The fourth-order valence-electron chi connectivity index (χ4n) is 2.84. The minimum Gasteiger partial charge on any atom is -0.326 e. The lowest BCUT2D eigenvalue weighted by Crippen LogP contribution is -2.17. The molecule has 3 N–H and O–H groups in total. The Hall–Kier alpha value is -3.31. The maximum absolute atomic E-state index is 13.7. The topological polar surface area (TPSA) is 102 Å². The van der Waals surface area contributed by atoms with Gasteiger partial charge in [0.05, 0.1) is 16.9 Å². The molecule has 0 saturated carbocycles. The second-order valence-corrected chi connectivity index (χ2v) is 8.06. The average molecular weight is 453 g/mol.